The van der Waals surface area contributed by atoms with E-state index >= 15 is 0 Å². The predicted molar refractivity (Wildman–Crippen MR) is 61.1 cm³/mol. The minimum atomic E-state index is -0.368. The second kappa shape index (κ2) is 4.14. The molecule has 4 heteroatoms. The molecule has 2 rings (SSSR count). The van der Waals surface area contributed by atoms with Crippen LogP contribution in [0.15, 0.2) is 12.1 Å². The highest BCUT2D eigenvalue weighted by molar-refractivity contribution is 7.99. The average Bonchev–Trinajstić information content (AvgIpc) is 2.27. The molecule has 15 heavy (non-hydrogen) atoms. The smallest absolute Gasteiger partial charge is 0.164 e. The Balaban J connectivity index is 2.53. The maximum atomic E-state index is 13.6. The monoisotopic (exact) mass is 244 g/mol. The molecule has 0 saturated heterocycles. The lowest BCUT2D eigenvalue weighted by molar-refractivity contribution is 0.0983. The number of hydrogen-bond donors (Lipinski definition) is 0. The normalized spacial score (nSPS) is 21.0. The van der Waals surface area contributed by atoms with Crippen molar-refractivity contribution < 1.29 is 9.18 Å². The van der Waals surface area contributed by atoms with E-state index in [1.165, 1.54) is 6.07 Å². The molecule has 1 aliphatic heterocycles. The van der Waals surface area contributed by atoms with Crippen LogP contribution >= 0.6 is 23.4 Å². The van der Waals surface area contributed by atoms with E-state index in [1.807, 2.05) is 6.92 Å². The Bertz CT molecular complexity index is 419. The molecule has 0 fully saturated rings. The quantitative estimate of drug-likeness (QED) is 0.693. The van der Waals surface area contributed by atoms with Crippen LogP contribution in [-0.2, 0) is 5.75 Å². The van der Waals surface area contributed by atoms with Gasteiger partial charge in [-0.05, 0) is 12.1 Å². The van der Waals surface area contributed by atoms with Gasteiger partial charge in [0.1, 0.15) is 5.82 Å². The zero-order valence-corrected chi connectivity index (χ0v) is 9.79. The summed E-state index contributed by atoms with van der Waals surface area (Å²) in [6, 6.07) is 2.84. The van der Waals surface area contributed by atoms with Crippen molar-refractivity contribution in [1.29, 1.82) is 0 Å². The van der Waals surface area contributed by atoms with Crippen molar-refractivity contribution in [2.45, 2.75) is 24.3 Å². The molecule has 1 aromatic rings. The van der Waals surface area contributed by atoms with E-state index in [9.17, 15) is 9.18 Å². The van der Waals surface area contributed by atoms with Gasteiger partial charge in [0.05, 0.1) is 0 Å². The van der Waals surface area contributed by atoms with E-state index < -0.39 is 0 Å². The van der Waals surface area contributed by atoms with Gasteiger partial charge < -0.3 is 0 Å². The first-order chi connectivity index (χ1) is 7.08. The lowest BCUT2D eigenvalue weighted by Gasteiger charge is -2.05. The molecule has 0 spiro atoms. The fourth-order valence-corrected chi connectivity index (χ4v) is 2.87. The number of carbonyl (C=O) groups excluding carboxylic acids is 1. The number of benzene rings is 1. The minimum absolute atomic E-state index is 0.0103. The van der Waals surface area contributed by atoms with Crippen LogP contribution in [0.25, 0.3) is 0 Å². The Morgan fingerprint density at radius 2 is 2.27 bits per heavy atom. The summed E-state index contributed by atoms with van der Waals surface area (Å²) in [5.74, 6) is 0.168. The molecule has 1 nitrogen and oxygen atoms in total. The van der Waals surface area contributed by atoms with Gasteiger partial charge in [0.25, 0.3) is 0 Å². The SMILES string of the molecule is CC1CC(=O)c2cc(Cl)cc(F)c2CS1. The Labute approximate surface area is 97.0 Å². The van der Waals surface area contributed by atoms with Gasteiger partial charge in [0, 0.05) is 33.6 Å². The van der Waals surface area contributed by atoms with Gasteiger partial charge in [-0.1, -0.05) is 18.5 Å². The molecule has 0 saturated carbocycles. The third-order valence-corrected chi connectivity index (χ3v) is 3.85. The molecule has 1 atom stereocenters. The lowest BCUT2D eigenvalue weighted by atomic mass is 10.0. The number of fused-ring (bicyclic) bond motifs is 1. The molecule has 1 aliphatic rings. The summed E-state index contributed by atoms with van der Waals surface area (Å²) in [5.41, 5.74) is 0.954. The van der Waals surface area contributed by atoms with Crippen LogP contribution in [0.1, 0.15) is 29.3 Å². The number of carbonyl (C=O) groups is 1. The number of ketones is 1. The highest BCUT2D eigenvalue weighted by Crippen LogP contribution is 2.32. The Morgan fingerprint density at radius 3 is 3.00 bits per heavy atom. The topological polar surface area (TPSA) is 17.1 Å². The van der Waals surface area contributed by atoms with Crippen molar-refractivity contribution in [2.75, 3.05) is 0 Å². The van der Waals surface area contributed by atoms with Crippen LogP contribution < -0.4 is 0 Å². The standard InChI is InChI=1S/C11H10ClFOS/c1-6-2-11(14)8-3-7(12)4-10(13)9(8)5-15-6/h3-4,6H,2,5H2,1H3. The van der Waals surface area contributed by atoms with Crippen LogP contribution in [0.3, 0.4) is 0 Å². The summed E-state index contributed by atoms with van der Waals surface area (Å²) in [7, 11) is 0. The second-order valence-corrected chi connectivity index (χ2v) is 5.53. The molecule has 0 bridgehead atoms. The molecule has 0 N–H and O–H groups in total. The number of thioether (sulfide) groups is 1. The highest BCUT2D eigenvalue weighted by atomic mass is 35.5. The number of Topliss-reactive ketones (excluding diaryl/α,β-unsaturated/α-hetero) is 1. The Hall–Kier alpha value is -0.540. The molecule has 0 aromatic heterocycles. The van der Waals surface area contributed by atoms with Gasteiger partial charge in [-0.15, -0.1) is 0 Å². The van der Waals surface area contributed by atoms with Crippen LogP contribution in [0.5, 0.6) is 0 Å². The zero-order chi connectivity index (χ0) is 11.0. The minimum Gasteiger partial charge on any atom is -0.294 e. The number of rotatable bonds is 0. The fraction of sp³-hybridized carbons (Fsp3) is 0.364. The van der Waals surface area contributed by atoms with Crippen molar-refractivity contribution in [3.8, 4) is 0 Å². The first-order valence-electron chi connectivity index (χ1n) is 4.70. The zero-order valence-electron chi connectivity index (χ0n) is 8.22. The van der Waals surface area contributed by atoms with Gasteiger partial charge in [0.15, 0.2) is 5.78 Å². The lowest BCUT2D eigenvalue weighted by Crippen LogP contribution is -2.06. The summed E-state index contributed by atoms with van der Waals surface area (Å²) < 4.78 is 13.6. The van der Waals surface area contributed by atoms with Gasteiger partial charge in [-0.2, -0.15) is 11.8 Å². The van der Waals surface area contributed by atoms with Gasteiger partial charge in [-0.3, -0.25) is 4.79 Å². The van der Waals surface area contributed by atoms with E-state index in [0.717, 1.165) is 0 Å². The van der Waals surface area contributed by atoms with Crippen molar-refractivity contribution in [3.63, 3.8) is 0 Å². The van der Waals surface area contributed by atoms with Crippen LogP contribution in [0, 0.1) is 5.82 Å². The van der Waals surface area contributed by atoms with Crippen LogP contribution in [0.4, 0.5) is 4.39 Å². The van der Waals surface area contributed by atoms with E-state index in [4.69, 9.17) is 11.6 Å². The van der Waals surface area contributed by atoms with Gasteiger partial charge in [-0.25, -0.2) is 4.39 Å². The summed E-state index contributed by atoms with van der Waals surface area (Å²) in [4.78, 5) is 11.8. The molecule has 80 valence electrons. The average molecular weight is 245 g/mol. The third kappa shape index (κ3) is 2.18. The summed E-state index contributed by atoms with van der Waals surface area (Å²) in [6.45, 7) is 1.98. The van der Waals surface area contributed by atoms with Crippen molar-refractivity contribution in [1.82, 2.24) is 0 Å². The van der Waals surface area contributed by atoms with Gasteiger partial charge in [0.2, 0.25) is 0 Å². The third-order valence-electron chi connectivity index (χ3n) is 2.45. The number of halogens is 2. The van der Waals surface area contributed by atoms with Crippen LogP contribution in [0.2, 0.25) is 5.02 Å². The molecule has 0 aliphatic carbocycles. The first kappa shape index (κ1) is 11.0. The summed E-state index contributed by atoms with van der Waals surface area (Å²) in [5, 5.41) is 0.530. The van der Waals surface area contributed by atoms with E-state index in [2.05, 4.69) is 0 Å². The van der Waals surface area contributed by atoms with E-state index in [-0.39, 0.29) is 16.9 Å². The maximum absolute atomic E-state index is 13.6. The molecular formula is C11H10ClFOS. The van der Waals surface area contributed by atoms with Gasteiger partial charge >= 0.3 is 0 Å². The van der Waals surface area contributed by atoms with Crippen molar-refractivity contribution >= 4 is 29.1 Å². The molecular weight excluding hydrogens is 235 g/mol. The molecule has 0 radical (unpaired) electrons. The molecule has 1 aromatic carbocycles. The second-order valence-electron chi connectivity index (χ2n) is 3.66. The number of hydrogen-bond acceptors (Lipinski definition) is 2. The highest BCUT2D eigenvalue weighted by Gasteiger charge is 2.23. The molecule has 1 heterocycles. The van der Waals surface area contributed by atoms with Crippen molar-refractivity contribution in [3.05, 3.63) is 34.1 Å². The van der Waals surface area contributed by atoms with Crippen LogP contribution in [-0.4, -0.2) is 11.0 Å². The fourth-order valence-electron chi connectivity index (χ4n) is 1.65. The first-order valence-corrected chi connectivity index (χ1v) is 6.13. The van der Waals surface area contributed by atoms with E-state index in [0.29, 0.717) is 28.3 Å². The van der Waals surface area contributed by atoms with Crippen molar-refractivity contribution in [2.24, 2.45) is 0 Å². The Kier molecular flexibility index (Phi) is 3.03. The largest absolute Gasteiger partial charge is 0.294 e. The summed E-state index contributed by atoms with van der Waals surface area (Å²) >= 11 is 7.34. The predicted octanol–water partition coefficient (Wildman–Crippen LogP) is 3.69. The van der Waals surface area contributed by atoms with E-state index in [1.54, 1.807) is 17.8 Å². The summed E-state index contributed by atoms with van der Waals surface area (Å²) in [6.07, 6.45) is 0.456. The molecule has 0 amide bonds. The maximum Gasteiger partial charge on any atom is 0.164 e. The Morgan fingerprint density at radius 1 is 1.53 bits per heavy atom. The molecule has 1 unspecified atom stereocenters.